The molecule has 1 fully saturated rings. The van der Waals surface area contributed by atoms with Crippen LogP contribution in [0.2, 0.25) is 0 Å². The number of benzene rings is 3. The molecule has 2 amide bonds. The summed E-state index contributed by atoms with van der Waals surface area (Å²) in [5.41, 5.74) is 1.50. The van der Waals surface area contributed by atoms with Crippen molar-refractivity contribution in [3.63, 3.8) is 0 Å². The lowest BCUT2D eigenvalue weighted by Gasteiger charge is -2.36. The number of nitrogens with one attached hydrogen (secondary N) is 2. The third kappa shape index (κ3) is 9.32. The van der Waals surface area contributed by atoms with Gasteiger partial charge in [-0.15, -0.1) is 0 Å². The Balaban J connectivity index is 1.25. The third-order valence-electron chi connectivity index (χ3n) is 6.35. The van der Waals surface area contributed by atoms with Crippen molar-refractivity contribution in [2.75, 3.05) is 32.9 Å². The molecule has 1 atom stereocenters. The first-order valence-corrected chi connectivity index (χ1v) is 13.9. The average molecular weight is 576 g/mol. The second-order valence-electron chi connectivity index (χ2n) is 9.31. The van der Waals surface area contributed by atoms with Gasteiger partial charge in [0.05, 0.1) is 13.0 Å². The number of ether oxygens (including phenoxy) is 3. The van der Waals surface area contributed by atoms with Gasteiger partial charge in [-0.25, -0.2) is 0 Å². The molecular weight excluding hydrogens is 542 g/mol. The second kappa shape index (κ2) is 15.4. The summed E-state index contributed by atoms with van der Waals surface area (Å²) >= 11 is 5.47. The molecule has 3 aromatic rings. The average Bonchev–Trinajstić information content (AvgIpc) is 3.00. The lowest BCUT2D eigenvalue weighted by atomic mass is 10.1. The lowest BCUT2D eigenvalue weighted by Crippen LogP contribution is -2.60. The van der Waals surface area contributed by atoms with Crippen LogP contribution < -0.4 is 20.1 Å². The van der Waals surface area contributed by atoms with Crippen molar-refractivity contribution in [1.29, 1.82) is 0 Å². The van der Waals surface area contributed by atoms with E-state index in [0.29, 0.717) is 44.0 Å². The molecule has 0 saturated carbocycles. The molecule has 0 radical (unpaired) electrons. The number of piperazine rings is 1. The van der Waals surface area contributed by atoms with Crippen LogP contribution in [0, 0.1) is 0 Å². The van der Waals surface area contributed by atoms with Crippen molar-refractivity contribution in [1.82, 2.24) is 15.5 Å². The van der Waals surface area contributed by atoms with Crippen molar-refractivity contribution in [3.8, 4) is 11.5 Å². The van der Waals surface area contributed by atoms with Crippen LogP contribution in [0.3, 0.4) is 0 Å². The van der Waals surface area contributed by atoms with Gasteiger partial charge < -0.3 is 24.4 Å². The predicted molar refractivity (Wildman–Crippen MR) is 158 cm³/mol. The summed E-state index contributed by atoms with van der Waals surface area (Å²) in [4.78, 5) is 39.7. The fraction of sp³-hybridized carbons (Fsp3) is 0.290. The van der Waals surface area contributed by atoms with E-state index in [9.17, 15) is 14.4 Å². The number of hydrogen-bond acceptors (Lipinski definition) is 7. The molecule has 1 aliphatic rings. The van der Waals surface area contributed by atoms with E-state index in [1.807, 2.05) is 60.7 Å². The minimum Gasteiger partial charge on any atom is -0.490 e. The largest absolute Gasteiger partial charge is 0.490 e. The van der Waals surface area contributed by atoms with Crippen LogP contribution in [-0.2, 0) is 20.7 Å². The highest BCUT2D eigenvalue weighted by molar-refractivity contribution is 7.80. The molecular formula is C31H33N3O6S. The number of thiocarbonyl (C=S) groups is 1. The van der Waals surface area contributed by atoms with E-state index in [0.717, 1.165) is 17.7 Å². The Labute approximate surface area is 244 Å². The summed E-state index contributed by atoms with van der Waals surface area (Å²) in [6.45, 7) is 1.58. The van der Waals surface area contributed by atoms with Gasteiger partial charge >= 0.3 is 5.97 Å². The summed E-state index contributed by atoms with van der Waals surface area (Å²) in [6.07, 6.45) is 1.28. The molecule has 10 heteroatoms. The molecule has 4 rings (SSSR count). The van der Waals surface area contributed by atoms with Gasteiger partial charge in [-0.1, -0.05) is 54.6 Å². The molecule has 9 nitrogen and oxygen atoms in total. The number of rotatable bonds is 12. The summed E-state index contributed by atoms with van der Waals surface area (Å²) in [5.74, 6) is -0.0408. The Hall–Kier alpha value is -4.44. The van der Waals surface area contributed by atoms with Crippen molar-refractivity contribution < 1.29 is 28.6 Å². The molecule has 2 N–H and O–H groups in total. The topological polar surface area (TPSA) is 106 Å². The Bertz CT molecular complexity index is 1320. The van der Waals surface area contributed by atoms with Gasteiger partial charge in [-0.2, -0.15) is 0 Å². The molecule has 1 saturated heterocycles. The number of carbonyl (C=O) groups excluding carboxylic acids is 3. The number of amides is 2. The van der Waals surface area contributed by atoms with Crippen LogP contribution in [0.25, 0.3) is 0 Å². The maximum atomic E-state index is 13.0. The molecule has 0 aliphatic carbocycles. The number of aryl methyl sites for hydroxylation is 1. The molecule has 0 bridgehead atoms. The zero-order chi connectivity index (χ0) is 28.9. The summed E-state index contributed by atoms with van der Waals surface area (Å²) in [7, 11) is 0. The van der Waals surface area contributed by atoms with Crippen LogP contribution in [0.5, 0.6) is 11.5 Å². The third-order valence-corrected chi connectivity index (χ3v) is 6.68. The van der Waals surface area contributed by atoms with Crippen molar-refractivity contribution >= 4 is 35.1 Å². The van der Waals surface area contributed by atoms with Gasteiger partial charge in [0.25, 0.3) is 5.91 Å². The van der Waals surface area contributed by atoms with Crippen LogP contribution in [0.4, 0.5) is 0 Å². The van der Waals surface area contributed by atoms with E-state index in [-0.39, 0.29) is 24.0 Å². The minimum absolute atomic E-state index is 0.0642. The highest BCUT2D eigenvalue weighted by Gasteiger charge is 2.34. The van der Waals surface area contributed by atoms with Gasteiger partial charge in [0.2, 0.25) is 5.91 Å². The standard InChI is InChI=1S/C31H33N3O6S/c35-28(40-18-8-11-23-9-3-1-4-10-23)22-27-30(37)32-16-17-34(27)31(41)33-29(36)24-12-7-15-26(21-24)39-20-19-38-25-13-5-2-6-14-25/h1-7,9-10,12-15,21,27H,8,11,16-20,22H2,(H,32,37)(H,33,36,41). The number of hydrogen-bond donors (Lipinski definition) is 2. The van der Waals surface area contributed by atoms with Gasteiger partial charge in [0.15, 0.2) is 5.11 Å². The van der Waals surface area contributed by atoms with Crippen LogP contribution in [0.15, 0.2) is 84.9 Å². The van der Waals surface area contributed by atoms with E-state index in [1.165, 1.54) is 0 Å². The molecule has 3 aromatic carbocycles. The monoisotopic (exact) mass is 575 g/mol. The van der Waals surface area contributed by atoms with Gasteiger partial charge in [0, 0.05) is 18.7 Å². The zero-order valence-corrected chi connectivity index (χ0v) is 23.4. The highest BCUT2D eigenvalue weighted by atomic mass is 32.1. The molecule has 214 valence electrons. The summed E-state index contributed by atoms with van der Waals surface area (Å²) in [5, 5.41) is 5.50. The van der Waals surface area contributed by atoms with E-state index < -0.39 is 17.9 Å². The van der Waals surface area contributed by atoms with E-state index in [1.54, 1.807) is 29.2 Å². The van der Waals surface area contributed by atoms with Crippen LogP contribution >= 0.6 is 12.2 Å². The van der Waals surface area contributed by atoms with Gasteiger partial charge in [0.1, 0.15) is 30.8 Å². The lowest BCUT2D eigenvalue weighted by molar-refractivity contribution is -0.147. The minimum atomic E-state index is -0.877. The molecule has 0 spiro atoms. The van der Waals surface area contributed by atoms with E-state index >= 15 is 0 Å². The number of nitrogens with zero attached hydrogens (tertiary/aromatic N) is 1. The fourth-order valence-corrected chi connectivity index (χ4v) is 4.60. The highest BCUT2D eigenvalue weighted by Crippen LogP contribution is 2.16. The first kappa shape index (κ1) is 29.5. The molecule has 1 unspecified atom stereocenters. The van der Waals surface area contributed by atoms with Crippen molar-refractivity contribution in [2.45, 2.75) is 25.3 Å². The predicted octanol–water partition coefficient (Wildman–Crippen LogP) is 3.53. The Kier molecular flexibility index (Phi) is 11.1. The zero-order valence-electron chi connectivity index (χ0n) is 22.6. The Morgan fingerprint density at radius 2 is 1.59 bits per heavy atom. The number of carbonyl (C=O) groups is 3. The molecule has 0 aromatic heterocycles. The summed E-state index contributed by atoms with van der Waals surface area (Å²) < 4.78 is 16.7. The quantitative estimate of drug-likeness (QED) is 0.192. The fourth-order valence-electron chi connectivity index (χ4n) is 4.29. The Morgan fingerprint density at radius 1 is 0.902 bits per heavy atom. The van der Waals surface area contributed by atoms with Crippen LogP contribution in [-0.4, -0.2) is 66.7 Å². The summed E-state index contributed by atoms with van der Waals surface area (Å²) in [6, 6.07) is 25.2. The van der Waals surface area contributed by atoms with E-state index in [2.05, 4.69) is 10.6 Å². The van der Waals surface area contributed by atoms with Gasteiger partial charge in [-0.3, -0.25) is 19.7 Å². The van der Waals surface area contributed by atoms with E-state index in [4.69, 9.17) is 26.4 Å². The maximum Gasteiger partial charge on any atom is 0.308 e. The molecule has 1 heterocycles. The first-order valence-electron chi connectivity index (χ1n) is 13.5. The normalized spacial score (nSPS) is 14.5. The molecule has 1 aliphatic heterocycles. The number of para-hydroxylation sites is 1. The Morgan fingerprint density at radius 3 is 2.34 bits per heavy atom. The first-order chi connectivity index (χ1) is 20.0. The SMILES string of the molecule is O=C(CC1C(=O)NCCN1C(=S)NC(=O)c1cccc(OCCOc2ccccc2)c1)OCCCc1ccccc1. The second-order valence-corrected chi connectivity index (χ2v) is 9.70. The van der Waals surface area contributed by atoms with Crippen molar-refractivity contribution in [3.05, 3.63) is 96.1 Å². The van der Waals surface area contributed by atoms with Gasteiger partial charge in [-0.05, 0) is 61.0 Å². The van der Waals surface area contributed by atoms with Crippen LogP contribution in [0.1, 0.15) is 28.8 Å². The van der Waals surface area contributed by atoms with Crippen molar-refractivity contribution in [2.24, 2.45) is 0 Å². The molecule has 41 heavy (non-hydrogen) atoms. The maximum absolute atomic E-state index is 13.0. The smallest absolute Gasteiger partial charge is 0.308 e. The number of esters is 1.